The molecule has 0 aromatic rings. The molecule has 4 nitrogen and oxygen atoms in total. The summed E-state index contributed by atoms with van der Waals surface area (Å²) in [5.41, 5.74) is -0.553. The van der Waals surface area contributed by atoms with Gasteiger partial charge in [0.2, 0.25) is 0 Å². The summed E-state index contributed by atoms with van der Waals surface area (Å²) in [6, 6.07) is 0.495. The lowest BCUT2D eigenvalue weighted by Crippen LogP contribution is -2.51. The van der Waals surface area contributed by atoms with Gasteiger partial charge in [0.25, 0.3) is 0 Å². The summed E-state index contributed by atoms with van der Waals surface area (Å²) in [5.74, 6) is -0.125. The molecule has 1 aliphatic rings. The molecule has 0 bridgehead atoms. The fraction of sp³-hybridized carbons (Fsp3) is 0.941. The second-order valence-corrected chi connectivity index (χ2v) is 6.25. The lowest BCUT2D eigenvalue weighted by molar-refractivity contribution is -0.151. The molecule has 0 saturated heterocycles. The first-order valence-electron chi connectivity index (χ1n) is 8.65. The Hall–Kier alpha value is -0.610. The van der Waals surface area contributed by atoms with E-state index in [0.717, 1.165) is 32.5 Å². The van der Waals surface area contributed by atoms with Gasteiger partial charge in [0.1, 0.15) is 5.54 Å². The second-order valence-electron chi connectivity index (χ2n) is 6.25. The minimum atomic E-state index is -0.553. The fourth-order valence-corrected chi connectivity index (χ4v) is 2.46. The molecular weight excluding hydrogens is 266 g/mol. The number of ether oxygens (including phenoxy) is 2. The monoisotopic (exact) mass is 299 g/mol. The van der Waals surface area contributed by atoms with Crippen molar-refractivity contribution < 1.29 is 14.3 Å². The Bertz CT molecular complexity index is 292. The summed E-state index contributed by atoms with van der Waals surface area (Å²) >= 11 is 0. The molecule has 0 aromatic heterocycles. The molecule has 1 N–H and O–H groups in total. The number of hydrogen-bond donors (Lipinski definition) is 1. The van der Waals surface area contributed by atoms with Gasteiger partial charge in [-0.3, -0.25) is 10.1 Å². The van der Waals surface area contributed by atoms with Crippen LogP contribution in [0.1, 0.15) is 72.1 Å². The Morgan fingerprint density at radius 1 is 1.14 bits per heavy atom. The molecule has 0 spiro atoms. The van der Waals surface area contributed by atoms with Crippen LogP contribution >= 0.6 is 0 Å². The molecule has 1 saturated carbocycles. The normalized spacial score (nSPS) is 17.5. The van der Waals surface area contributed by atoms with E-state index in [0.29, 0.717) is 12.6 Å². The van der Waals surface area contributed by atoms with E-state index < -0.39 is 5.54 Å². The summed E-state index contributed by atoms with van der Waals surface area (Å²) in [4.78, 5) is 12.1. The van der Waals surface area contributed by atoms with Gasteiger partial charge in [0.15, 0.2) is 0 Å². The van der Waals surface area contributed by atoms with Crippen LogP contribution in [0.3, 0.4) is 0 Å². The highest BCUT2D eigenvalue weighted by Crippen LogP contribution is 2.25. The van der Waals surface area contributed by atoms with E-state index in [4.69, 9.17) is 9.47 Å². The Morgan fingerprint density at radius 3 is 2.48 bits per heavy atom. The van der Waals surface area contributed by atoms with Gasteiger partial charge in [-0.25, -0.2) is 0 Å². The van der Waals surface area contributed by atoms with Crippen LogP contribution in [-0.2, 0) is 14.3 Å². The molecule has 0 amide bonds. The van der Waals surface area contributed by atoms with Crippen molar-refractivity contribution in [2.75, 3.05) is 19.8 Å². The molecular formula is C17H33NO3. The maximum atomic E-state index is 12.1. The molecule has 1 rings (SSSR count). The van der Waals surface area contributed by atoms with Crippen LogP contribution in [0.2, 0.25) is 0 Å². The van der Waals surface area contributed by atoms with Crippen LogP contribution in [0.15, 0.2) is 0 Å². The number of nitrogens with one attached hydrogen (secondary N) is 1. The molecule has 1 fully saturated rings. The van der Waals surface area contributed by atoms with Crippen molar-refractivity contribution in [2.45, 2.75) is 83.7 Å². The fourth-order valence-electron chi connectivity index (χ4n) is 2.46. The van der Waals surface area contributed by atoms with Gasteiger partial charge >= 0.3 is 5.97 Å². The zero-order chi connectivity index (χ0) is 15.6. The highest BCUT2D eigenvalue weighted by atomic mass is 16.5. The molecule has 4 heteroatoms. The van der Waals surface area contributed by atoms with Crippen LogP contribution in [0.4, 0.5) is 0 Å². The van der Waals surface area contributed by atoms with Crippen molar-refractivity contribution in [2.24, 2.45) is 0 Å². The van der Waals surface area contributed by atoms with Gasteiger partial charge in [-0.1, -0.05) is 26.2 Å². The summed E-state index contributed by atoms with van der Waals surface area (Å²) in [6.07, 6.45) is 8.94. The average molecular weight is 299 g/mol. The maximum absolute atomic E-state index is 12.1. The van der Waals surface area contributed by atoms with Crippen molar-refractivity contribution >= 4 is 5.97 Å². The zero-order valence-corrected chi connectivity index (χ0v) is 14.1. The smallest absolute Gasteiger partial charge is 0.326 e. The van der Waals surface area contributed by atoms with Gasteiger partial charge in [-0.2, -0.15) is 0 Å². The molecule has 1 aliphatic carbocycles. The summed E-state index contributed by atoms with van der Waals surface area (Å²) < 4.78 is 10.9. The van der Waals surface area contributed by atoms with Crippen LogP contribution in [0.25, 0.3) is 0 Å². The predicted molar refractivity (Wildman–Crippen MR) is 85.4 cm³/mol. The largest absolute Gasteiger partial charge is 0.465 e. The second kappa shape index (κ2) is 10.2. The lowest BCUT2D eigenvalue weighted by Gasteiger charge is -2.28. The number of rotatable bonds is 13. The van der Waals surface area contributed by atoms with E-state index in [1.165, 1.54) is 32.1 Å². The van der Waals surface area contributed by atoms with Crippen LogP contribution < -0.4 is 5.32 Å². The summed E-state index contributed by atoms with van der Waals surface area (Å²) in [7, 11) is 0. The topological polar surface area (TPSA) is 47.6 Å². The molecule has 0 heterocycles. The first kappa shape index (κ1) is 18.4. The van der Waals surface area contributed by atoms with Crippen molar-refractivity contribution in [1.29, 1.82) is 0 Å². The number of esters is 1. The van der Waals surface area contributed by atoms with Crippen molar-refractivity contribution in [1.82, 2.24) is 5.32 Å². The number of carbonyl (C=O) groups is 1. The molecule has 0 aromatic carbocycles. The highest BCUT2D eigenvalue weighted by Gasteiger charge is 2.39. The molecule has 1 atom stereocenters. The number of unbranched alkanes of at least 4 members (excludes halogenated alkanes) is 3. The SMILES string of the molecule is CCCCCCOCCCC(C)(NC1CC1)C(=O)OCC. The molecule has 0 aliphatic heterocycles. The van der Waals surface area contributed by atoms with Crippen LogP contribution in [0.5, 0.6) is 0 Å². The van der Waals surface area contributed by atoms with E-state index >= 15 is 0 Å². The van der Waals surface area contributed by atoms with Gasteiger partial charge in [-0.15, -0.1) is 0 Å². The molecule has 1 unspecified atom stereocenters. The quantitative estimate of drug-likeness (QED) is 0.418. The van der Waals surface area contributed by atoms with E-state index in [1.807, 2.05) is 13.8 Å². The van der Waals surface area contributed by atoms with Crippen molar-refractivity contribution in [3.05, 3.63) is 0 Å². The van der Waals surface area contributed by atoms with E-state index in [9.17, 15) is 4.79 Å². The van der Waals surface area contributed by atoms with E-state index in [-0.39, 0.29) is 5.97 Å². The van der Waals surface area contributed by atoms with Crippen molar-refractivity contribution in [3.63, 3.8) is 0 Å². The Balaban J connectivity index is 2.18. The maximum Gasteiger partial charge on any atom is 0.326 e. The summed E-state index contributed by atoms with van der Waals surface area (Å²) in [5, 5.41) is 3.44. The predicted octanol–water partition coefficient (Wildman–Crippen LogP) is 3.44. The minimum absolute atomic E-state index is 0.125. The van der Waals surface area contributed by atoms with Gasteiger partial charge in [0, 0.05) is 19.3 Å². The number of hydrogen-bond acceptors (Lipinski definition) is 4. The molecule has 0 radical (unpaired) electrons. The van der Waals surface area contributed by atoms with Gasteiger partial charge in [-0.05, 0) is 46.0 Å². The Morgan fingerprint density at radius 2 is 1.86 bits per heavy atom. The standard InChI is InChI=1S/C17H33NO3/c1-4-6-7-8-13-20-14-9-12-17(3,16(19)21-5-2)18-15-10-11-15/h15,18H,4-14H2,1-3H3. The highest BCUT2D eigenvalue weighted by molar-refractivity contribution is 5.80. The summed E-state index contributed by atoms with van der Waals surface area (Å²) in [6.45, 7) is 8.04. The number of carbonyl (C=O) groups excluding carboxylic acids is 1. The van der Waals surface area contributed by atoms with Crippen LogP contribution in [0, 0.1) is 0 Å². The first-order valence-corrected chi connectivity index (χ1v) is 8.65. The average Bonchev–Trinajstić information content (AvgIpc) is 3.26. The van der Waals surface area contributed by atoms with Crippen LogP contribution in [-0.4, -0.2) is 37.4 Å². The van der Waals surface area contributed by atoms with E-state index in [1.54, 1.807) is 0 Å². The molecule has 21 heavy (non-hydrogen) atoms. The lowest BCUT2D eigenvalue weighted by atomic mass is 9.95. The zero-order valence-electron chi connectivity index (χ0n) is 14.1. The van der Waals surface area contributed by atoms with E-state index in [2.05, 4.69) is 12.2 Å². The van der Waals surface area contributed by atoms with Crippen molar-refractivity contribution in [3.8, 4) is 0 Å². The third-order valence-corrected chi connectivity index (χ3v) is 3.93. The first-order chi connectivity index (χ1) is 10.1. The Kier molecular flexibility index (Phi) is 8.93. The third kappa shape index (κ3) is 7.82. The minimum Gasteiger partial charge on any atom is -0.465 e. The third-order valence-electron chi connectivity index (χ3n) is 3.93. The Labute approximate surface area is 130 Å². The molecule has 124 valence electrons. The van der Waals surface area contributed by atoms with Gasteiger partial charge in [0.05, 0.1) is 6.61 Å². The van der Waals surface area contributed by atoms with Gasteiger partial charge < -0.3 is 9.47 Å².